The first-order chi connectivity index (χ1) is 21.1. The van der Waals surface area contributed by atoms with Crippen LogP contribution >= 0.6 is 11.6 Å². The molecule has 4 heterocycles. The van der Waals surface area contributed by atoms with Crippen LogP contribution in [0.3, 0.4) is 0 Å². The van der Waals surface area contributed by atoms with Crippen LogP contribution in [0.25, 0.3) is 10.9 Å². The molecule has 5 fully saturated rings. The van der Waals surface area contributed by atoms with Crippen molar-refractivity contribution >= 4 is 22.5 Å². The van der Waals surface area contributed by atoms with Crippen LogP contribution in [0.15, 0.2) is 30.4 Å². The number of epoxide rings is 1. The first kappa shape index (κ1) is 28.3. The Balaban J connectivity index is 1.20. The van der Waals surface area contributed by atoms with E-state index >= 15 is 0 Å². The summed E-state index contributed by atoms with van der Waals surface area (Å²) in [5.74, 6) is -0.161. The molecule has 45 heavy (non-hydrogen) atoms. The Morgan fingerprint density at radius 1 is 1.16 bits per heavy atom. The van der Waals surface area contributed by atoms with Crippen LogP contribution < -0.4 is 0 Å². The van der Waals surface area contributed by atoms with E-state index in [1.165, 1.54) is 0 Å². The molecule has 1 spiro atoms. The average molecular weight is 634 g/mol. The maximum atomic E-state index is 13.3. The number of benzene rings is 1. The quantitative estimate of drug-likeness (QED) is 0.236. The number of ether oxygens (including phenoxy) is 3. The zero-order valence-electron chi connectivity index (χ0n) is 26.7. The minimum atomic E-state index is -1.24. The fourth-order valence-electron chi connectivity index (χ4n) is 13.0. The van der Waals surface area contributed by atoms with Crippen LogP contribution in [0.2, 0.25) is 5.02 Å². The third kappa shape index (κ3) is 2.74. The van der Waals surface area contributed by atoms with E-state index in [0.29, 0.717) is 11.4 Å². The monoisotopic (exact) mass is 633 g/mol. The molecule has 4 N–H and O–H groups in total. The Kier molecular flexibility index (Phi) is 5.00. The van der Waals surface area contributed by atoms with Crippen LogP contribution in [0.5, 0.6) is 0 Å². The molecular weight excluding hydrogens is 590 g/mol. The van der Waals surface area contributed by atoms with Crippen molar-refractivity contribution in [1.29, 1.82) is 0 Å². The van der Waals surface area contributed by atoms with Gasteiger partial charge in [0, 0.05) is 50.4 Å². The number of H-pyrrole nitrogens is 1. The van der Waals surface area contributed by atoms with E-state index in [2.05, 4.69) is 45.8 Å². The normalized spacial score (nSPS) is 52.5. The van der Waals surface area contributed by atoms with Gasteiger partial charge in [0.25, 0.3) is 0 Å². The topological polar surface area (TPSA) is 107 Å². The number of aromatic nitrogens is 1. The minimum absolute atomic E-state index is 0.0213. The van der Waals surface area contributed by atoms with Gasteiger partial charge >= 0.3 is 0 Å². The van der Waals surface area contributed by atoms with E-state index in [4.69, 9.17) is 25.8 Å². The highest BCUT2D eigenvalue weighted by Gasteiger charge is 2.86. The molecule has 5 aliphatic carbocycles. The van der Waals surface area contributed by atoms with E-state index in [-0.39, 0.29) is 41.8 Å². The highest BCUT2D eigenvalue weighted by atomic mass is 35.5. The highest BCUT2D eigenvalue weighted by molar-refractivity contribution is 6.32. The summed E-state index contributed by atoms with van der Waals surface area (Å²) in [4.78, 5) is 3.84. The number of aliphatic hydroxyl groups is 3. The summed E-state index contributed by atoms with van der Waals surface area (Å²) in [6.45, 7) is 19.0. The number of fused-ring (bicyclic) bond motifs is 5. The zero-order chi connectivity index (χ0) is 31.5. The average Bonchev–Trinajstić information content (AvgIpc) is 3.53. The molecule has 240 valence electrons. The van der Waals surface area contributed by atoms with Crippen LogP contribution in [0.4, 0.5) is 0 Å². The van der Waals surface area contributed by atoms with Gasteiger partial charge in [0.05, 0.1) is 17.8 Å². The molecule has 10 rings (SSSR count). The van der Waals surface area contributed by atoms with E-state index in [9.17, 15) is 15.3 Å². The standard InChI is InChI=1S/C37H44ClNO6/c1-14(2)30-29(40)32-36(45-32)23(43-30)8-9-34(7)27-18(11-16(4)37(34,36)42)31-25-24-21(39-28(25)27)13-20(38)17-10-15(3)19-12-22(33(5,6)44-31)35(19,41)26(17)24/h13,16,18-19,22-23,27,29-32,39-42H,1,3,8-12H2,2,4-7H3/t16-,18-,19?,22-,23?,27?,29+,30-,31+,32+,34-,35?,36-,37?/m1/s1. The molecule has 3 saturated carbocycles. The number of hydrogen-bond donors (Lipinski definition) is 4. The van der Waals surface area contributed by atoms with Crippen molar-refractivity contribution in [3.63, 3.8) is 0 Å². The van der Waals surface area contributed by atoms with E-state index < -0.39 is 46.1 Å². The summed E-state index contributed by atoms with van der Waals surface area (Å²) in [7, 11) is 0. The van der Waals surface area contributed by atoms with Gasteiger partial charge in [-0.25, -0.2) is 0 Å². The Labute approximate surface area is 269 Å². The molecule has 0 bridgehead atoms. The van der Waals surface area contributed by atoms with Gasteiger partial charge < -0.3 is 34.5 Å². The van der Waals surface area contributed by atoms with Gasteiger partial charge in [0.1, 0.15) is 29.5 Å². The summed E-state index contributed by atoms with van der Waals surface area (Å²) in [5, 5.41) is 39.2. The third-order valence-electron chi connectivity index (χ3n) is 14.7. The molecule has 8 heteroatoms. The predicted molar refractivity (Wildman–Crippen MR) is 169 cm³/mol. The van der Waals surface area contributed by atoms with E-state index in [1.54, 1.807) is 0 Å². The molecule has 5 unspecified atom stereocenters. The largest absolute Gasteiger partial charge is 0.387 e. The van der Waals surface area contributed by atoms with Crippen molar-refractivity contribution in [3.05, 3.63) is 57.8 Å². The Bertz CT molecular complexity index is 1780. The van der Waals surface area contributed by atoms with Gasteiger partial charge in [0.15, 0.2) is 5.60 Å². The van der Waals surface area contributed by atoms with E-state index in [0.717, 1.165) is 70.1 Å². The van der Waals surface area contributed by atoms with Crippen LogP contribution in [-0.2, 0) is 26.2 Å². The van der Waals surface area contributed by atoms with Gasteiger partial charge in [-0.05, 0) is 87.5 Å². The Morgan fingerprint density at radius 2 is 1.91 bits per heavy atom. The lowest BCUT2D eigenvalue weighted by atomic mass is 9.43. The third-order valence-corrected chi connectivity index (χ3v) is 15.1. The molecule has 8 aliphatic rings. The van der Waals surface area contributed by atoms with Gasteiger partial charge in [0.2, 0.25) is 0 Å². The van der Waals surface area contributed by atoms with E-state index in [1.807, 2.05) is 13.0 Å². The fraction of sp³-hybridized carbons (Fsp3) is 0.676. The second kappa shape index (κ2) is 7.94. The van der Waals surface area contributed by atoms with Gasteiger partial charge in [-0.1, -0.05) is 44.2 Å². The molecule has 1 aromatic heterocycles. The van der Waals surface area contributed by atoms with Crippen molar-refractivity contribution in [1.82, 2.24) is 4.98 Å². The van der Waals surface area contributed by atoms with Crippen LogP contribution in [0.1, 0.15) is 94.7 Å². The molecule has 7 nitrogen and oxygen atoms in total. The van der Waals surface area contributed by atoms with Gasteiger partial charge in [-0.15, -0.1) is 0 Å². The molecule has 0 amide bonds. The second-order valence-electron chi connectivity index (χ2n) is 16.9. The first-order valence-corrected chi connectivity index (χ1v) is 17.3. The Morgan fingerprint density at radius 3 is 2.64 bits per heavy atom. The number of halogens is 1. The van der Waals surface area contributed by atoms with Gasteiger partial charge in [-0.2, -0.15) is 0 Å². The lowest BCUT2D eigenvalue weighted by molar-refractivity contribution is -0.283. The van der Waals surface area contributed by atoms with Crippen molar-refractivity contribution in [2.45, 2.75) is 126 Å². The summed E-state index contributed by atoms with van der Waals surface area (Å²) in [5.41, 5.74) is 2.46. The molecule has 2 aromatic rings. The number of rotatable bonds is 1. The smallest absolute Gasteiger partial charge is 0.153 e. The second-order valence-corrected chi connectivity index (χ2v) is 17.4. The molecular formula is C37H44ClNO6. The van der Waals surface area contributed by atoms with Crippen LogP contribution in [-0.4, -0.2) is 61.5 Å². The maximum absolute atomic E-state index is 13.3. The first-order valence-electron chi connectivity index (χ1n) is 17.0. The highest BCUT2D eigenvalue weighted by Crippen LogP contribution is 2.77. The summed E-state index contributed by atoms with van der Waals surface area (Å²) >= 11 is 7.04. The van der Waals surface area contributed by atoms with Crippen LogP contribution in [0, 0.1) is 29.1 Å². The zero-order valence-corrected chi connectivity index (χ0v) is 27.5. The lowest BCUT2D eigenvalue weighted by Gasteiger charge is -2.65. The molecule has 3 aliphatic heterocycles. The molecule has 2 saturated heterocycles. The van der Waals surface area contributed by atoms with Crippen molar-refractivity contribution in [3.8, 4) is 0 Å². The summed E-state index contributed by atoms with van der Waals surface area (Å²) in [6.07, 6.45) is 1.35. The predicted octanol–water partition coefficient (Wildman–Crippen LogP) is 5.73. The summed E-state index contributed by atoms with van der Waals surface area (Å²) in [6, 6.07) is 2.02. The van der Waals surface area contributed by atoms with Crippen molar-refractivity contribution in [2.75, 3.05) is 0 Å². The number of aliphatic hydroxyl groups excluding tert-OH is 1. The number of hydrogen-bond acceptors (Lipinski definition) is 6. The fourth-order valence-corrected chi connectivity index (χ4v) is 13.2. The summed E-state index contributed by atoms with van der Waals surface area (Å²) < 4.78 is 20.4. The molecule has 0 radical (unpaired) electrons. The van der Waals surface area contributed by atoms with Crippen molar-refractivity contribution < 1.29 is 29.5 Å². The Hall–Kier alpha value is -1.71. The lowest BCUT2D eigenvalue weighted by Crippen LogP contribution is -2.75. The van der Waals surface area contributed by atoms with Gasteiger partial charge in [-0.3, -0.25) is 0 Å². The minimum Gasteiger partial charge on any atom is -0.387 e. The maximum Gasteiger partial charge on any atom is 0.153 e. The number of aromatic amines is 1. The number of nitrogens with one attached hydrogen (secondary N) is 1. The molecule has 1 aromatic carbocycles. The SMILES string of the molecule is C=C1Cc2c(Cl)cc3[nH]c4c5c3c2C2(O)C1C[C@@H]2C(C)(C)O[C@H]5[C@@H]1C[C@@H](C)C2(O)[C@]35O[C@H]3[C@@H](O)[C@@H](C(=C)C)OC5CC[C@]2(C)C41. The molecule has 14 atom stereocenters. The van der Waals surface area contributed by atoms with Crippen molar-refractivity contribution in [2.24, 2.45) is 29.1 Å².